The van der Waals surface area contributed by atoms with Crippen LogP contribution in [0.4, 0.5) is 43.9 Å². The summed E-state index contributed by atoms with van der Waals surface area (Å²) >= 11 is 0. The molecule has 0 saturated heterocycles. The number of benzene rings is 2. The number of aryl methyl sites for hydroxylation is 1. The zero-order chi connectivity index (χ0) is 29.9. The van der Waals surface area contributed by atoms with Crippen LogP contribution in [0, 0.1) is 5.82 Å². The molecule has 218 valence electrons. The van der Waals surface area contributed by atoms with E-state index in [-0.39, 0.29) is 24.8 Å². The third kappa shape index (κ3) is 7.62. The maximum Gasteiger partial charge on any atom is 0.460 e. The molecule has 0 aliphatic carbocycles. The van der Waals surface area contributed by atoms with E-state index in [1.54, 1.807) is 0 Å². The van der Waals surface area contributed by atoms with Crippen molar-refractivity contribution in [1.82, 2.24) is 4.72 Å². The van der Waals surface area contributed by atoms with Gasteiger partial charge in [-0.2, -0.15) is 39.5 Å². The van der Waals surface area contributed by atoms with Crippen LogP contribution in [0.1, 0.15) is 42.9 Å². The van der Waals surface area contributed by atoms with Crippen LogP contribution >= 0.6 is 0 Å². The largest absolute Gasteiger partial charge is 0.481 e. The van der Waals surface area contributed by atoms with Gasteiger partial charge in [-0.3, -0.25) is 4.79 Å². The average molecular weight is 597 g/mol. The molecule has 0 radical (unpaired) electrons. The number of alkyl halides is 9. The molecule has 2 aromatic carbocycles. The number of halogens is 10. The topological polar surface area (TPSA) is 83.5 Å². The molecule has 2 rings (SSSR count). The summed E-state index contributed by atoms with van der Waals surface area (Å²) < 4.78 is 160. The number of carbonyl (C=O) groups is 1. The molecular weight excluding hydrogens is 576 g/mol. The predicted octanol–water partition coefficient (Wildman–Crippen LogP) is 6.50. The van der Waals surface area contributed by atoms with Crippen LogP contribution in [0.15, 0.2) is 53.4 Å². The first kappa shape index (κ1) is 32.3. The summed E-state index contributed by atoms with van der Waals surface area (Å²) in [5.41, 5.74) is 0.367. The summed E-state index contributed by atoms with van der Waals surface area (Å²) in [5.74, 6) is -21.8. The lowest BCUT2D eigenvalue weighted by molar-refractivity contribution is -0.396. The Morgan fingerprint density at radius 1 is 0.846 bits per heavy atom. The first-order valence-corrected chi connectivity index (χ1v) is 12.5. The van der Waals surface area contributed by atoms with Gasteiger partial charge in [0, 0.05) is 18.9 Å². The van der Waals surface area contributed by atoms with Crippen molar-refractivity contribution < 1.29 is 62.2 Å². The molecule has 16 heteroatoms. The van der Waals surface area contributed by atoms with Crippen LogP contribution in [0.2, 0.25) is 0 Å². The molecule has 2 aromatic rings. The van der Waals surface area contributed by atoms with E-state index in [2.05, 4.69) is 0 Å². The third-order valence-electron chi connectivity index (χ3n) is 5.62. The van der Waals surface area contributed by atoms with Crippen molar-refractivity contribution in [2.45, 2.75) is 67.0 Å². The summed E-state index contributed by atoms with van der Waals surface area (Å²) in [6, 6.07) is 6.21. The summed E-state index contributed by atoms with van der Waals surface area (Å²) in [7, 11) is -4.66. The molecule has 5 nitrogen and oxygen atoms in total. The molecule has 1 atom stereocenters. The van der Waals surface area contributed by atoms with Crippen molar-refractivity contribution in [1.29, 1.82) is 0 Å². The van der Waals surface area contributed by atoms with Crippen molar-refractivity contribution in [3.63, 3.8) is 0 Å². The van der Waals surface area contributed by atoms with Gasteiger partial charge in [0.15, 0.2) is 0 Å². The van der Waals surface area contributed by atoms with E-state index >= 15 is 0 Å². The quantitative estimate of drug-likeness (QED) is 0.258. The molecule has 0 heterocycles. The SMILES string of the molecule is O=C(O)CCCc1ccc(C(CCC(F)(F)C(F)(F)C(F)(F)C(F)(F)F)NS(=O)(=O)c2ccc(F)cc2)cc1. The Morgan fingerprint density at radius 2 is 1.38 bits per heavy atom. The smallest absolute Gasteiger partial charge is 0.460 e. The Labute approximate surface area is 215 Å². The fourth-order valence-corrected chi connectivity index (χ4v) is 4.67. The van der Waals surface area contributed by atoms with Gasteiger partial charge >= 0.3 is 29.9 Å². The summed E-state index contributed by atoms with van der Waals surface area (Å²) in [4.78, 5) is 10.0. The van der Waals surface area contributed by atoms with Gasteiger partial charge in [0.25, 0.3) is 0 Å². The molecule has 0 aromatic heterocycles. The summed E-state index contributed by atoms with van der Waals surface area (Å²) in [6.07, 6.45) is -10.4. The fourth-order valence-electron chi connectivity index (χ4n) is 3.41. The Kier molecular flexibility index (Phi) is 9.70. The van der Waals surface area contributed by atoms with E-state index in [0.29, 0.717) is 5.56 Å². The fraction of sp³-hybridized carbons (Fsp3) is 0.435. The number of sulfonamides is 1. The lowest BCUT2D eigenvalue weighted by Gasteiger charge is -2.34. The lowest BCUT2D eigenvalue weighted by atomic mass is 9.94. The van der Waals surface area contributed by atoms with E-state index in [1.807, 2.05) is 4.72 Å². The number of nitrogens with one attached hydrogen (secondary N) is 1. The summed E-state index contributed by atoms with van der Waals surface area (Å²) in [5, 5.41) is 8.69. The third-order valence-corrected chi connectivity index (χ3v) is 7.10. The molecule has 2 N–H and O–H groups in total. The average Bonchev–Trinajstić information content (AvgIpc) is 2.81. The zero-order valence-corrected chi connectivity index (χ0v) is 20.4. The van der Waals surface area contributed by atoms with E-state index < -0.39 is 69.5 Å². The van der Waals surface area contributed by atoms with Crippen molar-refractivity contribution in [3.8, 4) is 0 Å². The van der Waals surface area contributed by atoms with Crippen LogP contribution in [-0.4, -0.2) is 43.4 Å². The highest BCUT2D eigenvalue weighted by Crippen LogP contribution is 2.54. The predicted molar refractivity (Wildman–Crippen MR) is 117 cm³/mol. The van der Waals surface area contributed by atoms with Gasteiger partial charge in [-0.1, -0.05) is 24.3 Å². The second-order valence-electron chi connectivity index (χ2n) is 8.51. The summed E-state index contributed by atoms with van der Waals surface area (Å²) in [6.45, 7) is 0. The number of hydrogen-bond acceptors (Lipinski definition) is 3. The highest BCUT2D eigenvalue weighted by molar-refractivity contribution is 7.89. The van der Waals surface area contributed by atoms with Crippen LogP contribution in [0.3, 0.4) is 0 Å². The Morgan fingerprint density at radius 3 is 1.87 bits per heavy atom. The minimum absolute atomic E-state index is 0.149. The normalized spacial score (nSPS) is 14.3. The first-order chi connectivity index (χ1) is 17.7. The Bertz CT molecular complexity index is 1230. The van der Waals surface area contributed by atoms with Gasteiger partial charge in [-0.25, -0.2) is 17.5 Å². The molecule has 0 aliphatic rings. The number of hydrogen-bond donors (Lipinski definition) is 2. The first-order valence-electron chi connectivity index (χ1n) is 11.0. The Balaban J connectivity index is 2.37. The second-order valence-corrected chi connectivity index (χ2v) is 10.2. The Hall–Kier alpha value is -2.88. The van der Waals surface area contributed by atoms with Crippen molar-refractivity contribution in [2.24, 2.45) is 0 Å². The van der Waals surface area contributed by atoms with Crippen LogP contribution in [-0.2, 0) is 21.2 Å². The molecule has 0 bridgehead atoms. The molecule has 0 saturated carbocycles. The van der Waals surface area contributed by atoms with Crippen LogP contribution in [0.5, 0.6) is 0 Å². The van der Waals surface area contributed by atoms with Gasteiger partial charge in [-0.05, 0) is 54.7 Å². The van der Waals surface area contributed by atoms with Gasteiger partial charge < -0.3 is 5.11 Å². The van der Waals surface area contributed by atoms with Crippen molar-refractivity contribution in [2.75, 3.05) is 0 Å². The van der Waals surface area contributed by atoms with Gasteiger partial charge in [0.1, 0.15) is 5.82 Å². The van der Waals surface area contributed by atoms with Gasteiger partial charge in [0.2, 0.25) is 10.0 Å². The molecule has 0 aliphatic heterocycles. The lowest BCUT2D eigenvalue weighted by Crippen LogP contribution is -2.60. The van der Waals surface area contributed by atoms with Crippen molar-refractivity contribution in [3.05, 3.63) is 65.5 Å². The minimum atomic E-state index is -7.09. The molecule has 1 unspecified atom stereocenters. The molecular formula is C23H21F10NO4S. The highest BCUT2D eigenvalue weighted by Gasteiger charge is 2.81. The van der Waals surface area contributed by atoms with Gasteiger partial charge in [0.05, 0.1) is 4.90 Å². The number of rotatable bonds is 13. The number of aliphatic carboxylic acids is 1. The van der Waals surface area contributed by atoms with E-state index in [9.17, 15) is 57.1 Å². The maximum absolute atomic E-state index is 14.2. The van der Waals surface area contributed by atoms with Gasteiger partial charge in [-0.15, -0.1) is 0 Å². The molecule has 39 heavy (non-hydrogen) atoms. The molecule has 0 spiro atoms. The second kappa shape index (κ2) is 11.7. The number of carboxylic acids is 1. The van der Waals surface area contributed by atoms with E-state index in [4.69, 9.17) is 5.11 Å². The molecule has 0 fully saturated rings. The van der Waals surface area contributed by atoms with Crippen molar-refractivity contribution >= 4 is 16.0 Å². The standard InChI is InChI=1S/C23H21F10NO4S/c24-16-8-10-17(11-9-16)39(37,38)34-18(15-6-4-14(5-7-15)2-1-3-19(35)36)12-13-20(25,26)21(27,28)22(29,30)23(31,32)33/h4-11,18,34H,1-3,12-13H2,(H,35,36). The maximum atomic E-state index is 14.2. The van der Waals surface area contributed by atoms with E-state index in [1.165, 1.54) is 12.1 Å². The van der Waals surface area contributed by atoms with E-state index in [0.717, 1.165) is 36.4 Å². The molecule has 0 amide bonds. The van der Waals surface area contributed by atoms with Crippen LogP contribution < -0.4 is 4.72 Å². The monoisotopic (exact) mass is 597 g/mol. The highest BCUT2D eigenvalue weighted by atomic mass is 32.2. The van der Waals surface area contributed by atoms with Crippen LogP contribution in [0.25, 0.3) is 0 Å². The minimum Gasteiger partial charge on any atom is -0.481 e. The zero-order valence-electron chi connectivity index (χ0n) is 19.6. The number of carboxylic acid groups (broad SMARTS) is 1.